The normalized spacial score (nSPS) is 29.3. The van der Waals surface area contributed by atoms with Gasteiger partial charge in [0, 0.05) is 6.54 Å². The maximum absolute atomic E-state index is 12.8. The molecule has 0 saturated carbocycles. The van der Waals surface area contributed by atoms with Crippen LogP contribution in [0.25, 0.3) is 0 Å². The third kappa shape index (κ3) is 2.84. The fraction of sp³-hybridized carbons (Fsp3) is 0.500. The monoisotopic (exact) mass is 323 g/mol. The SMILES string of the molecule is CC/C=C/C12CN(S(=O)(=O)c3ccc(C)cc3)CC(CO1)O2. The molecule has 0 aliphatic carbocycles. The van der Waals surface area contributed by atoms with Crippen LogP contribution >= 0.6 is 0 Å². The van der Waals surface area contributed by atoms with Crippen molar-refractivity contribution in [2.75, 3.05) is 19.7 Å². The molecule has 0 aromatic heterocycles. The van der Waals surface area contributed by atoms with Gasteiger partial charge in [0.15, 0.2) is 0 Å². The smallest absolute Gasteiger partial charge is 0.243 e. The van der Waals surface area contributed by atoms with E-state index in [4.69, 9.17) is 9.47 Å². The predicted octanol–water partition coefficient (Wildman–Crippen LogP) is 2.08. The summed E-state index contributed by atoms with van der Waals surface area (Å²) in [4.78, 5) is 0.314. The van der Waals surface area contributed by atoms with Gasteiger partial charge in [0.2, 0.25) is 15.8 Å². The molecule has 1 aromatic rings. The van der Waals surface area contributed by atoms with Crippen molar-refractivity contribution in [1.29, 1.82) is 0 Å². The molecule has 6 heteroatoms. The molecule has 0 spiro atoms. The van der Waals surface area contributed by atoms with Crippen LogP contribution in [0.5, 0.6) is 0 Å². The van der Waals surface area contributed by atoms with Crippen LogP contribution in [0.3, 0.4) is 0 Å². The number of allylic oxidation sites excluding steroid dienone is 1. The fourth-order valence-corrected chi connectivity index (χ4v) is 4.27. The van der Waals surface area contributed by atoms with Gasteiger partial charge >= 0.3 is 0 Å². The summed E-state index contributed by atoms with van der Waals surface area (Å²) in [7, 11) is -3.53. The number of benzene rings is 1. The summed E-state index contributed by atoms with van der Waals surface area (Å²) in [6.07, 6.45) is 4.42. The molecule has 2 bridgehead atoms. The van der Waals surface area contributed by atoms with Crippen molar-refractivity contribution in [2.45, 2.75) is 37.1 Å². The maximum Gasteiger partial charge on any atom is 0.243 e. The van der Waals surface area contributed by atoms with E-state index in [0.717, 1.165) is 12.0 Å². The van der Waals surface area contributed by atoms with Crippen LogP contribution in [0, 0.1) is 6.92 Å². The van der Waals surface area contributed by atoms with E-state index in [0.29, 0.717) is 18.0 Å². The fourth-order valence-electron chi connectivity index (χ4n) is 2.77. The first-order valence-corrected chi connectivity index (χ1v) is 8.95. The molecular weight excluding hydrogens is 302 g/mol. The van der Waals surface area contributed by atoms with Crippen LogP contribution in [0.4, 0.5) is 0 Å². The lowest BCUT2D eigenvalue weighted by atomic mass is 10.2. The Balaban J connectivity index is 1.88. The van der Waals surface area contributed by atoms with E-state index >= 15 is 0 Å². The zero-order valence-electron chi connectivity index (χ0n) is 12.9. The molecular formula is C16H21NO4S. The number of fused-ring (bicyclic) bond motifs is 2. The number of ether oxygens (including phenoxy) is 2. The topological polar surface area (TPSA) is 55.8 Å². The zero-order valence-corrected chi connectivity index (χ0v) is 13.7. The third-order valence-electron chi connectivity index (χ3n) is 3.95. The van der Waals surface area contributed by atoms with Crippen LogP contribution in [-0.2, 0) is 19.5 Å². The molecule has 2 heterocycles. The summed E-state index contributed by atoms with van der Waals surface area (Å²) in [5.74, 6) is -0.934. The molecule has 22 heavy (non-hydrogen) atoms. The van der Waals surface area contributed by atoms with Crippen molar-refractivity contribution < 1.29 is 17.9 Å². The van der Waals surface area contributed by atoms with Gasteiger partial charge in [-0.25, -0.2) is 8.42 Å². The van der Waals surface area contributed by atoms with Crippen molar-refractivity contribution in [3.63, 3.8) is 0 Å². The van der Waals surface area contributed by atoms with Gasteiger partial charge in [0.05, 0.1) is 24.2 Å². The van der Waals surface area contributed by atoms with E-state index < -0.39 is 15.8 Å². The zero-order chi connectivity index (χ0) is 15.8. The van der Waals surface area contributed by atoms with Crippen LogP contribution in [-0.4, -0.2) is 44.3 Å². The molecule has 0 N–H and O–H groups in total. The van der Waals surface area contributed by atoms with E-state index in [1.54, 1.807) is 12.1 Å². The molecule has 3 rings (SSSR count). The highest BCUT2D eigenvalue weighted by Crippen LogP contribution is 2.34. The molecule has 2 saturated heterocycles. The summed E-state index contributed by atoms with van der Waals surface area (Å²) in [6.45, 7) is 4.90. The maximum atomic E-state index is 12.8. The average molecular weight is 323 g/mol. The van der Waals surface area contributed by atoms with Gasteiger partial charge in [0.1, 0.15) is 0 Å². The lowest BCUT2D eigenvalue weighted by Gasteiger charge is -2.36. The molecule has 1 aromatic carbocycles. The van der Waals surface area contributed by atoms with E-state index in [1.165, 1.54) is 4.31 Å². The van der Waals surface area contributed by atoms with E-state index in [-0.39, 0.29) is 12.6 Å². The average Bonchev–Trinajstić information content (AvgIpc) is 2.80. The summed E-state index contributed by atoms with van der Waals surface area (Å²) >= 11 is 0. The van der Waals surface area contributed by atoms with E-state index in [9.17, 15) is 8.42 Å². The molecule has 120 valence electrons. The van der Waals surface area contributed by atoms with Crippen LogP contribution < -0.4 is 0 Å². The van der Waals surface area contributed by atoms with Gasteiger partial charge in [-0.05, 0) is 31.6 Å². The van der Waals surface area contributed by atoms with Crippen molar-refractivity contribution in [1.82, 2.24) is 4.31 Å². The van der Waals surface area contributed by atoms with Crippen molar-refractivity contribution in [3.05, 3.63) is 42.0 Å². The molecule has 2 aliphatic rings. The Morgan fingerprint density at radius 1 is 1.36 bits per heavy atom. The number of morpholine rings is 1. The number of aryl methyl sites for hydroxylation is 1. The second-order valence-corrected chi connectivity index (χ2v) is 7.72. The first-order valence-electron chi connectivity index (χ1n) is 7.51. The molecule has 2 atom stereocenters. The predicted molar refractivity (Wildman–Crippen MR) is 82.9 cm³/mol. The minimum atomic E-state index is -3.53. The van der Waals surface area contributed by atoms with Gasteiger partial charge in [0.25, 0.3) is 0 Å². The Bertz CT molecular complexity index is 668. The lowest BCUT2D eigenvalue weighted by Crippen LogP contribution is -2.52. The summed E-state index contributed by atoms with van der Waals surface area (Å²) in [5, 5.41) is 0. The molecule has 5 nitrogen and oxygen atoms in total. The molecule has 2 unspecified atom stereocenters. The number of hydrogen-bond donors (Lipinski definition) is 0. The molecule has 0 amide bonds. The van der Waals surface area contributed by atoms with Crippen molar-refractivity contribution >= 4 is 10.0 Å². The summed E-state index contributed by atoms with van der Waals surface area (Å²) in [5.41, 5.74) is 1.03. The first-order chi connectivity index (χ1) is 10.5. The molecule has 2 aliphatic heterocycles. The van der Waals surface area contributed by atoms with Gasteiger partial charge < -0.3 is 9.47 Å². The Morgan fingerprint density at radius 3 is 2.77 bits per heavy atom. The molecule has 0 radical (unpaired) electrons. The Morgan fingerprint density at radius 2 is 2.09 bits per heavy atom. The van der Waals surface area contributed by atoms with Crippen LogP contribution in [0.15, 0.2) is 41.3 Å². The van der Waals surface area contributed by atoms with Gasteiger partial charge in [-0.2, -0.15) is 4.31 Å². The quantitative estimate of drug-likeness (QED) is 0.796. The number of sulfonamides is 1. The number of nitrogens with zero attached hydrogens (tertiary/aromatic N) is 1. The number of hydrogen-bond acceptors (Lipinski definition) is 4. The standard InChI is InChI=1S/C16H21NO4S/c1-3-4-9-16-12-17(10-14(21-16)11-20-16)22(18,19)15-7-5-13(2)6-8-15/h4-9,14H,3,10-12H2,1-2H3/b9-4+. The highest BCUT2D eigenvalue weighted by molar-refractivity contribution is 7.89. The van der Waals surface area contributed by atoms with Gasteiger partial charge in [-0.3, -0.25) is 0 Å². The Labute approximate surface area is 131 Å². The third-order valence-corrected chi connectivity index (χ3v) is 5.78. The van der Waals surface area contributed by atoms with E-state index in [1.807, 2.05) is 38.1 Å². The van der Waals surface area contributed by atoms with Gasteiger partial charge in [-0.1, -0.05) is 30.7 Å². The number of rotatable bonds is 4. The largest absolute Gasteiger partial charge is 0.342 e. The van der Waals surface area contributed by atoms with E-state index in [2.05, 4.69) is 0 Å². The summed E-state index contributed by atoms with van der Waals surface area (Å²) < 4.78 is 38.7. The van der Waals surface area contributed by atoms with Crippen LogP contribution in [0.1, 0.15) is 18.9 Å². The second-order valence-electron chi connectivity index (χ2n) is 5.78. The Hall–Kier alpha value is -1.21. The minimum Gasteiger partial charge on any atom is -0.342 e. The minimum absolute atomic E-state index is 0.191. The lowest BCUT2D eigenvalue weighted by molar-refractivity contribution is -0.156. The second kappa shape index (κ2) is 5.77. The summed E-state index contributed by atoms with van der Waals surface area (Å²) in [6, 6.07) is 6.92. The first kappa shape index (κ1) is 15.7. The highest BCUT2D eigenvalue weighted by Gasteiger charge is 2.49. The highest BCUT2D eigenvalue weighted by atomic mass is 32.2. The van der Waals surface area contributed by atoms with Gasteiger partial charge in [-0.15, -0.1) is 0 Å². The van der Waals surface area contributed by atoms with Crippen LogP contribution in [0.2, 0.25) is 0 Å². The van der Waals surface area contributed by atoms with Crippen molar-refractivity contribution in [2.24, 2.45) is 0 Å². The molecule has 2 fully saturated rings. The van der Waals surface area contributed by atoms with Crippen molar-refractivity contribution in [3.8, 4) is 0 Å². The Kier molecular flexibility index (Phi) is 4.11.